The van der Waals surface area contributed by atoms with E-state index in [1.807, 2.05) is 19.1 Å². The van der Waals surface area contributed by atoms with Gasteiger partial charge in [0.1, 0.15) is 11.5 Å². The van der Waals surface area contributed by atoms with Gasteiger partial charge < -0.3 is 25.7 Å². The van der Waals surface area contributed by atoms with Crippen LogP contribution in [0.1, 0.15) is 13.3 Å². The van der Waals surface area contributed by atoms with Crippen LogP contribution in [0.2, 0.25) is 0 Å². The average Bonchev–Trinajstić information content (AvgIpc) is 2.43. The smallest absolute Gasteiger partial charge is 0.161 e. The van der Waals surface area contributed by atoms with Gasteiger partial charge in [0.2, 0.25) is 0 Å². The Balaban J connectivity index is 2.95. The summed E-state index contributed by atoms with van der Waals surface area (Å²) < 4.78 is 10.3. The van der Waals surface area contributed by atoms with Gasteiger partial charge in [0.25, 0.3) is 0 Å². The summed E-state index contributed by atoms with van der Waals surface area (Å²) >= 11 is 0. The third-order valence-corrected chi connectivity index (χ3v) is 2.57. The molecule has 0 radical (unpaired) electrons. The summed E-state index contributed by atoms with van der Waals surface area (Å²) in [5.74, 6) is 1.48. The summed E-state index contributed by atoms with van der Waals surface area (Å²) in [5, 5.41) is 14.9. The first-order valence-corrected chi connectivity index (χ1v) is 5.61. The molecule has 0 bridgehead atoms. The molecule has 4 N–H and O–H groups in total. The number of amidine groups is 1. The van der Waals surface area contributed by atoms with Gasteiger partial charge in [-0.2, -0.15) is 0 Å². The number of hydrogen-bond acceptors (Lipinski definition) is 5. The molecule has 0 aliphatic rings. The van der Waals surface area contributed by atoms with Gasteiger partial charge in [0.05, 0.1) is 20.3 Å². The third-order valence-electron chi connectivity index (χ3n) is 2.57. The predicted molar refractivity (Wildman–Crippen MR) is 70.7 cm³/mol. The zero-order chi connectivity index (χ0) is 13.5. The molecule has 6 nitrogen and oxygen atoms in total. The Morgan fingerprint density at radius 3 is 2.28 bits per heavy atom. The minimum Gasteiger partial charge on any atom is -0.497 e. The summed E-state index contributed by atoms with van der Waals surface area (Å²) in [6.45, 7) is 1.94. The van der Waals surface area contributed by atoms with Crippen molar-refractivity contribution in [3.8, 4) is 11.5 Å². The second-order valence-corrected chi connectivity index (χ2v) is 3.73. The Hall–Kier alpha value is -2.11. The van der Waals surface area contributed by atoms with E-state index in [1.165, 1.54) is 0 Å². The van der Waals surface area contributed by atoms with Crippen LogP contribution in [0.15, 0.2) is 23.4 Å². The van der Waals surface area contributed by atoms with E-state index in [0.29, 0.717) is 17.9 Å². The molecule has 1 atom stereocenters. The Morgan fingerprint density at radius 1 is 1.33 bits per heavy atom. The van der Waals surface area contributed by atoms with Gasteiger partial charge in [-0.3, -0.25) is 0 Å². The summed E-state index contributed by atoms with van der Waals surface area (Å²) in [6.07, 6.45) is 0.690. The van der Waals surface area contributed by atoms with Gasteiger partial charge in [-0.1, -0.05) is 12.1 Å². The monoisotopic (exact) mass is 253 g/mol. The van der Waals surface area contributed by atoms with E-state index in [9.17, 15) is 0 Å². The van der Waals surface area contributed by atoms with Gasteiger partial charge in [0.15, 0.2) is 5.84 Å². The van der Waals surface area contributed by atoms with Gasteiger partial charge in [-0.05, 0) is 6.42 Å². The number of benzene rings is 1. The van der Waals surface area contributed by atoms with Gasteiger partial charge in [-0.25, -0.2) is 0 Å². The molecule has 0 aliphatic heterocycles. The number of methoxy groups -OCH3 is 2. The highest BCUT2D eigenvalue weighted by atomic mass is 16.5. The number of nitrogens with zero attached hydrogens (tertiary/aromatic N) is 1. The van der Waals surface area contributed by atoms with E-state index in [4.69, 9.17) is 20.4 Å². The Morgan fingerprint density at radius 2 is 1.89 bits per heavy atom. The summed E-state index contributed by atoms with van der Waals surface area (Å²) in [4.78, 5) is 0. The van der Waals surface area contributed by atoms with E-state index in [2.05, 4.69) is 10.5 Å². The highest BCUT2D eigenvalue weighted by Crippen LogP contribution is 2.26. The molecular weight excluding hydrogens is 234 g/mol. The van der Waals surface area contributed by atoms with Gasteiger partial charge in [-0.15, -0.1) is 0 Å². The van der Waals surface area contributed by atoms with Crippen LogP contribution in [0.25, 0.3) is 0 Å². The highest BCUT2D eigenvalue weighted by molar-refractivity contribution is 5.87. The highest BCUT2D eigenvalue weighted by Gasteiger charge is 2.12. The lowest BCUT2D eigenvalue weighted by Gasteiger charge is -2.17. The molecule has 1 aromatic carbocycles. The fourth-order valence-corrected chi connectivity index (χ4v) is 1.55. The van der Waals surface area contributed by atoms with Crippen LogP contribution < -0.4 is 20.5 Å². The standard InChI is InChI=1S/C12H19N3O3/c1-4-11(12(13)15-16)14-8-5-9(17-2)7-10(6-8)18-3/h5-7,11,14,16H,4H2,1-3H3,(H2,13,15). The Bertz CT molecular complexity index is 399. The largest absolute Gasteiger partial charge is 0.497 e. The second-order valence-electron chi connectivity index (χ2n) is 3.73. The molecule has 100 valence electrons. The molecule has 0 heterocycles. The van der Waals surface area contributed by atoms with E-state index < -0.39 is 0 Å². The maximum Gasteiger partial charge on any atom is 0.161 e. The quantitative estimate of drug-likeness (QED) is 0.310. The van der Waals surface area contributed by atoms with Crippen molar-refractivity contribution in [3.63, 3.8) is 0 Å². The lowest BCUT2D eigenvalue weighted by atomic mass is 10.2. The maximum absolute atomic E-state index is 8.69. The maximum atomic E-state index is 8.69. The third kappa shape index (κ3) is 3.44. The van der Waals surface area contributed by atoms with Crippen molar-refractivity contribution in [1.82, 2.24) is 0 Å². The van der Waals surface area contributed by atoms with E-state index in [0.717, 1.165) is 5.69 Å². The predicted octanol–water partition coefficient (Wildman–Crippen LogP) is 1.64. The lowest BCUT2D eigenvalue weighted by molar-refractivity contribution is 0.316. The van der Waals surface area contributed by atoms with Gasteiger partial charge >= 0.3 is 0 Å². The van der Waals surface area contributed by atoms with Crippen LogP contribution in [-0.2, 0) is 0 Å². The number of ether oxygens (including phenoxy) is 2. The van der Waals surface area contributed by atoms with Crippen LogP contribution >= 0.6 is 0 Å². The number of anilines is 1. The summed E-state index contributed by atoms with van der Waals surface area (Å²) in [7, 11) is 3.17. The molecule has 18 heavy (non-hydrogen) atoms. The first-order chi connectivity index (χ1) is 8.64. The van der Waals surface area contributed by atoms with Crippen molar-refractivity contribution in [2.75, 3.05) is 19.5 Å². The average molecular weight is 253 g/mol. The molecule has 0 aromatic heterocycles. The zero-order valence-electron chi connectivity index (χ0n) is 10.8. The van der Waals surface area contributed by atoms with Crippen LogP contribution in [0.3, 0.4) is 0 Å². The second kappa shape index (κ2) is 6.58. The summed E-state index contributed by atoms with van der Waals surface area (Å²) in [5.41, 5.74) is 6.37. The molecule has 0 aliphatic carbocycles. The topological polar surface area (TPSA) is 89.1 Å². The molecule has 0 saturated carbocycles. The molecule has 1 unspecified atom stereocenters. The fourth-order valence-electron chi connectivity index (χ4n) is 1.55. The normalized spacial score (nSPS) is 12.9. The molecular formula is C12H19N3O3. The minimum atomic E-state index is -0.244. The number of nitrogens with two attached hydrogens (primary N) is 1. The number of hydrogen-bond donors (Lipinski definition) is 3. The van der Waals surface area contributed by atoms with Crippen LogP contribution in [0.5, 0.6) is 11.5 Å². The molecule has 0 spiro atoms. The molecule has 0 amide bonds. The molecule has 0 saturated heterocycles. The zero-order valence-corrected chi connectivity index (χ0v) is 10.8. The van der Waals surface area contributed by atoms with Crippen LogP contribution in [-0.4, -0.2) is 31.3 Å². The summed E-state index contributed by atoms with van der Waals surface area (Å²) in [6, 6.07) is 5.16. The Kier molecular flexibility index (Phi) is 5.10. The number of rotatable bonds is 6. The van der Waals surface area contributed by atoms with Crippen molar-refractivity contribution in [2.24, 2.45) is 10.9 Å². The molecule has 0 fully saturated rings. The first kappa shape index (κ1) is 14.0. The van der Waals surface area contributed by atoms with Gasteiger partial charge in [0, 0.05) is 23.9 Å². The minimum absolute atomic E-state index is 0.138. The van der Waals surface area contributed by atoms with Crippen molar-refractivity contribution in [2.45, 2.75) is 19.4 Å². The van der Waals surface area contributed by atoms with Crippen molar-refractivity contribution < 1.29 is 14.7 Å². The van der Waals surface area contributed by atoms with E-state index >= 15 is 0 Å². The van der Waals surface area contributed by atoms with E-state index in [-0.39, 0.29) is 11.9 Å². The SMILES string of the molecule is CCC(Nc1cc(OC)cc(OC)c1)C(N)=NO. The van der Waals surface area contributed by atoms with Crippen LogP contribution in [0, 0.1) is 0 Å². The van der Waals surface area contributed by atoms with Crippen molar-refractivity contribution in [3.05, 3.63) is 18.2 Å². The fraction of sp³-hybridized carbons (Fsp3) is 0.417. The van der Waals surface area contributed by atoms with E-state index in [1.54, 1.807) is 20.3 Å². The Labute approximate surface area is 106 Å². The lowest BCUT2D eigenvalue weighted by Crippen LogP contribution is -2.35. The molecule has 6 heteroatoms. The van der Waals surface area contributed by atoms with Crippen molar-refractivity contribution >= 4 is 11.5 Å². The van der Waals surface area contributed by atoms with Crippen LogP contribution in [0.4, 0.5) is 5.69 Å². The number of oxime groups is 1. The first-order valence-electron chi connectivity index (χ1n) is 5.61. The molecule has 1 rings (SSSR count). The molecule has 1 aromatic rings. The number of nitrogens with one attached hydrogen (secondary N) is 1. The van der Waals surface area contributed by atoms with Crippen molar-refractivity contribution in [1.29, 1.82) is 0 Å².